The Morgan fingerprint density at radius 1 is 0.947 bits per heavy atom. The monoisotopic (exact) mass is 276 g/mol. The fourth-order valence-electron chi connectivity index (χ4n) is 1.44. The Morgan fingerprint density at radius 3 is 1.89 bits per heavy atom. The van der Waals surface area contributed by atoms with Crippen molar-refractivity contribution >= 4 is 23.9 Å². The number of nitrogen functional groups attached to an aromatic ring is 1. The van der Waals surface area contributed by atoms with Crippen molar-refractivity contribution in [2.45, 2.75) is 0 Å². The molecule has 0 saturated carbocycles. The van der Waals surface area contributed by atoms with Crippen LogP contribution >= 0.6 is 0 Å². The largest absolute Gasteiger partial charge is 1.00 e. The van der Waals surface area contributed by atoms with Gasteiger partial charge in [-0.25, -0.2) is 0 Å². The van der Waals surface area contributed by atoms with Crippen molar-refractivity contribution in [3.8, 4) is 0 Å². The van der Waals surface area contributed by atoms with Crippen LogP contribution in [0.15, 0.2) is 54.6 Å². The van der Waals surface area contributed by atoms with Gasteiger partial charge in [-0.2, -0.15) is 0 Å². The zero-order valence-corrected chi connectivity index (χ0v) is 10.9. The van der Waals surface area contributed by atoms with Gasteiger partial charge in [-0.15, -0.1) is 0 Å². The Morgan fingerprint density at radius 2 is 1.42 bits per heavy atom. The highest BCUT2D eigenvalue weighted by molar-refractivity contribution is 5.65. The molecule has 0 heterocycles. The lowest BCUT2D eigenvalue weighted by molar-refractivity contribution is -0.0980. The molecule has 0 saturated heterocycles. The molecule has 2 rings (SSSR count). The van der Waals surface area contributed by atoms with Crippen molar-refractivity contribution in [1.29, 1.82) is 5.39 Å². The molecule has 0 atom stereocenters. The fourth-order valence-corrected chi connectivity index (χ4v) is 1.44. The SMILES string of the molecule is C=O.N#[N+]N(c1ccccc1)c1ccc(N)cc1.[Cl-]. The van der Waals surface area contributed by atoms with E-state index in [1.54, 1.807) is 24.3 Å². The average molecular weight is 277 g/mol. The van der Waals surface area contributed by atoms with Gasteiger partial charge in [0.15, 0.2) is 0 Å². The van der Waals surface area contributed by atoms with Crippen molar-refractivity contribution in [2.24, 2.45) is 0 Å². The summed E-state index contributed by atoms with van der Waals surface area (Å²) >= 11 is 0. The Hall–Kier alpha value is -2.58. The van der Waals surface area contributed by atoms with Crippen molar-refractivity contribution in [3.05, 3.63) is 59.7 Å². The summed E-state index contributed by atoms with van der Waals surface area (Å²) in [6.45, 7) is 2.00. The first-order valence-electron chi connectivity index (χ1n) is 5.16. The summed E-state index contributed by atoms with van der Waals surface area (Å²) in [5.41, 5.74) is 7.81. The van der Waals surface area contributed by atoms with Gasteiger partial charge in [-0.3, -0.25) is 0 Å². The first-order chi connectivity index (χ1) is 8.81. The summed E-state index contributed by atoms with van der Waals surface area (Å²) < 4.78 is 0. The van der Waals surface area contributed by atoms with Crippen LogP contribution in [-0.4, -0.2) is 6.79 Å². The summed E-state index contributed by atoms with van der Waals surface area (Å²) in [4.78, 5) is 8.00. The molecule has 0 aliphatic carbocycles. The van der Waals surface area contributed by atoms with Crippen LogP contribution in [0.25, 0.3) is 5.08 Å². The van der Waals surface area contributed by atoms with E-state index in [0.717, 1.165) is 11.4 Å². The van der Waals surface area contributed by atoms with Crippen LogP contribution in [0, 0.1) is 5.39 Å². The van der Waals surface area contributed by atoms with Crippen molar-refractivity contribution in [3.63, 3.8) is 0 Å². The Balaban J connectivity index is 0.00000103. The minimum Gasteiger partial charge on any atom is -1.00 e. The molecule has 0 spiro atoms. The number of nitrogens with zero attached hydrogens (tertiary/aromatic N) is 3. The van der Waals surface area contributed by atoms with Gasteiger partial charge in [-0.05, 0) is 36.4 Å². The fraction of sp³-hybridized carbons (Fsp3) is 0. The summed E-state index contributed by atoms with van der Waals surface area (Å²) in [5, 5.41) is 13.7. The maximum Gasteiger partial charge on any atom is 0.316 e. The molecule has 2 N–H and O–H groups in total. The van der Waals surface area contributed by atoms with Crippen LogP contribution in [0.2, 0.25) is 0 Å². The van der Waals surface area contributed by atoms with E-state index in [1.807, 2.05) is 37.1 Å². The predicted octanol–water partition coefficient (Wildman–Crippen LogP) is -0.00592. The third-order valence-electron chi connectivity index (χ3n) is 2.23. The highest BCUT2D eigenvalue weighted by atomic mass is 35.5. The highest BCUT2D eigenvalue weighted by Gasteiger charge is 2.18. The van der Waals surface area contributed by atoms with Crippen LogP contribution in [0.5, 0.6) is 0 Å². The van der Waals surface area contributed by atoms with E-state index >= 15 is 0 Å². The number of diazo groups is 1. The zero-order chi connectivity index (χ0) is 13.4. The van der Waals surface area contributed by atoms with Gasteiger partial charge in [0.05, 0.1) is 0 Å². The molecular weight excluding hydrogens is 264 g/mol. The molecule has 19 heavy (non-hydrogen) atoms. The molecule has 0 radical (unpaired) electrons. The van der Waals surface area contributed by atoms with E-state index in [2.05, 4.69) is 5.08 Å². The van der Waals surface area contributed by atoms with Crippen LogP contribution in [0.1, 0.15) is 0 Å². The lowest BCUT2D eigenvalue weighted by Crippen LogP contribution is -3.00. The van der Waals surface area contributed by atoms with Gasteiger partial charge < -0.3 is 22.9 Å². The van der Waals surface area contributed by atoms with Crippen LogP contribution in [0.4, 0.5) is 17.1 Å². The second kappa shape index (κ2) is 8.50. The topological polar surface area (TPSA) is 74.5 Å². The molecule has 6 heteroatoms. The number of halogens is 1. The number of nitrogens with two attached hydrogens (primary N) is 1. The Bertz CT molecular complexity index is 525. The number of para-hydroxylation sites is 1. The molecule has 0 aromatic heterocycles. The third kappa shape index (κ3) is 4.30. The molecule has 0 amide bonds. The van der Waals surface area contributed by atoms with Crippen molar-refractivity contribution in [2.75, 3.05) is 10.7 Å². The van der Waals surface area contributed by atoms with E-state index < -0.39 is 0 Å². The zero-order valence-electron chi connectivity index (χ0n) is 10.1. The average Bonchev–Trinajstić information content (AvgIpc) is 2.45. The summed E-state index contributed by atoms with van der Waals surface area (Å²) in [6.07, 6.45) is 0. The van der Waals surface area contributed by atoms with E-state index in [4.69, 9.17) is 15.9 Å². The molecule has 0 aliphatic rings. The van der Waals surface area contributed by atoms with Crippen LogP contribution < -0.4 is 23.1 Å². The molecule has 0 bridgehead atoms. The second-order valence-corrected chi connectivity index (χ2v) is 3.33. The number of hydrogen-bond donors (Lipinski definition) is 1. The second-order valence-electron chi connectivity index (χ2n) is 3.33. The molecule has 0 unspecified atom stereocenters. The predicted molar refractivity (Wildman–Crippen MR) is 71.6 cm³/mol. The van der Waals surface area contributed by atoms with E-state index in [0.29, 0.717) is 5.69 Å². The lowest BCUT2D eigenvalue weighted by Gasteiger charge is -2.04. The van der Waals surface area contributed by atoms with E-state index in [-0.39, 0.29) is 12.4 Å². The molecular formula is C13H13ClN4O. The molecule has 5 nitrogen and oxygen atoms in total. The minimum atomic E-state index is 0. The Labute approximate surface area is 117 Å². The molecule has 2 aromatic carbocycles. The molecule has 2 aromatic rings. The standard InChI is InChI=1S/C12H11N4.CH2O.ClH/c13-10-6-8-12(9-7-10)16(15-14)11-4-2-1-3-5-11;1-2;/h1-9H,13H2;1H2;1H/q+1;;/p-1. The van der Waals surface area contributed by atoms with Gasteiger partial charge in [0.25, 0.3) is 5.39 Å². The quantitative estimate of drug-likeness (QED) is 0.476. The van der Waals surface area contributed by atoms with Gasteiger partial charge >= 0.3 is 5.08 Å². The summed E-state index contributed by atoms with van der Waals surface area (Å²) in [7, 11) is 0. The van der Waals surface area contributed by atoms with Crippen LogP contribution in [0.3, 0.4) is 0 Å². The van der Waals surface area contributed by atoms with Gasteiger partial charge in [0.1, 0.15) is 18.2 Å². The third-order valence-corrected chi connectivity index (χ3v) is 2.23. The number of anilines is 3. The van der Waals surface area contributed by atoms with Gasteiger partial charge in [0.2, 0.25) is 0 Å². The van der Waals surface area contributed by atoms with Crippen LogP contribution in [-0.2, 0) is 4.79 Å². The smallest absolute Gasteiger partial charge is 0.316 e. The number of carbonyl (C=O) groups is 1. The maximum atomic E-state index is 9.02. The Kier molecular flexibility index (Phi) is 7.35. The lowest BCUT2D eigenvalue weighted by atomic mass is 10.2. The van der Waals surface area contributed by atoms with Gasteiger partial charge in [0, 0.05) is 10.7 Å². The maximum absolute atomic E-state index is 9.02. The van der Waals surface area contributed by atoms with Crippen molar-refractivity contribution < 1.29 is 17.2 Å². The summed E-state index contributed by atoms with van der Waals surface area (Å²) in [6, 6.07) is 16.5. The molecule has 0 fully saturated rings. The number of carbonyl (C=O) groups excluding carboxylic acids is 1. The first-order valence-corrected chi connectivity index (χ1v) is 5.16. The molecule has 98 valence electrons. The minimum absolute atomic E-state index is 0. The number of hydrogen-bond acceptors (Lipinski definition) is 4. The highest BCUT2D eigenvalue weighted by Crippen LogP contribution is 2.25. The normalized spacial score (nSPS) is 8.16. The number of benzene rings is 2. The summed E-state index contributed by atoms with van der Waals surface area (Å²) in [5.74, 6) is 0. The van der Waals surface area contributed by atoms with E-state index in [1.165, 1.54) is 5.01 Å². The molecule has 0 aliphatic heterocycles. The number of rotatable bonds is 2. The first kappa shape index (κ1) is 16.4. The van der Waals surface area contributed by atoms with Gasteiger partial charge in [-0.1, -0.05) is 18.2 Å². The van der Waals surface area contributed by atoms with E-state index in [9.17, 15) is 0 Å². The van der Waals surface area contributed by atoms with Crippen molar-refractivity contribution in [1.82, 2.24) is 0 Å².